The second-order valence-corrected chi connectivity index (χ2v) is 2.68. The number of aliphatic hydroxyl groups excluding tert-OH is 4. The SMILES string of the molecule is OC[C@H]1[O+]=C(OO)[C@H](O)[C@@H](O)[C@@H]1O. The summed E-state index contributed by atoms with van der Waals surface area (Å²) in [6.45, 7) is -0.572. The quantitative estimate of drug-likeness (QED) is 0.173. The van der Waals surface area contributed by atoms with Crippen molar-refractivity contribution in [1.29, 1.82) is 0 Å². The van der Waals surface area contributed by atoms with Crippen LogP contribution >= 0.6 is 0 Å². The minimum Gasteiger partial charge on any atom is -0.390 e. The summed E-state index contributed by atoms with van der Waals surface area (Å²) in [6, 6.07) is 0. The highest BCUT2D eigenvalue weighted by atomic mass is 17.1. The largest absolute Gasteiger partial charge is 0.562 e. The van der Waals surface area contributed by atoms with Gasteiger partial charge in [0, 0.05) is 0 Å². The van der Waals surface area contributed by atoms with E-state index in [2.05, 4.69) is 9.31 Å². The van der Waals surface area contributed by atoms with Crippen LogP contribution in [0.2, 0.25) is 0 Å². The second-order valence-electron chi connectivity index (χ2n) is 2.68. The van der Waals surface area contributed by atoms with Gasteiger partial charge in [-0.1, -0.05) is 5.26 Å². The zero-order valence-electron chi connectivity index (χ0n) is 6.57. The summed E-state index contributed by atoms with van der Waals surface area (Å²) < 4.78 is 4.61. The first-order valence-electron chi connectivity index (χ1n) is 3.61. The van der Waals surface area contributed by atoms with Crippen molar-refractivity contribution in [2.75, 3.05) is 6.61 Å². The zero-order chi connectivity index (χ0) is 10.0. The van der Waals surface area contributed by atoms with E-state index in [1.54, 1.807) is 0 Å². The Morgan fingerprint density at radius 3 is 2.31 bits per heavy atom. The Morgan fingerprint density at radius 2 is 1.85 bits per heavy atom. The third kappa shape index (κ3) is 1.79. The molecule has 0 radical (unpaired) electrons. The number of rotatable bonds is 1. The van der Waals surface area contributed by atoms with Gasteiger partial charge in [0.15, 0.2) is 0 Å². The van der Waals surface area contributed by atoms with E-state index >= 15 is 0 Å². The fourth-order valence-corrected chi connectivity index (χ4v) is 1.06. The van der Waals surface area contributed by atoms with Gasteiger partial charge in [-0.3, -0.25) is 0 Å². The van der Waals surface area contributed by atoms with E-state index in [-0.39, 0.29) is 0 Å². The normalized spacial score (nSPS) is 39.9. The van der Waals surface area contributed by atoms with Gasteiger partial charge in [0.05, 0.1) is 0 Å². The molecule has 0 fully saturated rings. The van der Waals surface area contributed by atoms with Crippen molar-refractivity contribution in [3.63, 3.8) is 0 Å². The fraction of sp³-hybridized carbons (Fsp3) is 0.833. The van der Waals surface area contributed by atoms with E-state index in [0.29, 0.717) is 0 Å². The summed E-state index contributed by atoms with van der Waals surface area (Å²) in [5.74, 6) is -0.642. The van der Waals surface area contributed by atoms with Gasteiger partial charge < -0.3 is 24.9 Å². The van der Waals surface area contributed by atoms with Crippen LogP contribution in [0, 0.1) is 0 Å². The number of hydrogen-bond donors (Lipinski definition) is 5. The van der Waals surface area contributed by atoms with Crippen molar-refractivity contribution in [2.24, 2.45) is 0 Å². The smallest absolute Gasteiger partial charge is 0.390 e. The molecule has 0 aromatic carbocycles. The topological polar surface area (TPSA) is 122 Å². The Bertz CT molecular complexity index is 203. The highest BCUT2D eigenvalue weighted by Crippen LogP contribution is 2.13. The summed E-state index contributed by atoms with van der Waals surface area (Å²) in [5, 5.41) is 44.2. The molecule has 0 saturated carbocycles. The van der Waals surface area contributed by atoms with Crippen molar-refractivity contribution >= 4 is 5.97 Å². The molecule has 1 aliphatic rings. The predicted molar refractivity (Wildman–Crippen MR) is 37.6 cm³/mol. The van der Waals surface area contributed by atoms with Crippen LogP contribution in [0.15, 0.2) is 0 Å². The zero-order valence-corrected chi connectivity index (χ0v) is 6.57. The van der Waals surface area contributed by atoms with Gasteiger partial charge >= 0.3 is 5.97 Å². The molecule has 13 heavy (non-hydrogen) atoms. The average molecular weight is 195 g/mol. The summed E-state index contributed by atoms with van der Waals surface area (Å²) in [6.07, 6.45) is -5.75. The summed E-state index contributed by atoms with van der Waals surface area (Å²) >= 11 is 0. The Balaban J connectivity index is 2.86. The molecular weight excluding hydrogens is 184 g/mol. The van der Waals surface area contributed by atoms with Gasteiger partial charge in [0.1, 0.15) is 18.8 Å². The Hall–Kier alpha value is -0.730. The molecule has 0 aromatic rings. The molecule has 5 N–H and O–H groups in total. The third-order valence-electron chi connectivity index (χ3n) is 1.83. The van der Waals surface area contributed by atoms with E-state index in [1.165, 1.54) is 0 Å². The third-order valence-corrected chi connectivity index (χ3v) is 1.83. The first kappa shape index (κ1) is 10.4. The van der Waals surface area contributed by atoms with Crippen LogP contribution in [0.4, 0.5) is 0 Å². The summed E-state index contributed by atoms with van der Waals surface area (Å²) in [5.41, 5.74) is 0. The van der Waals surface area contributed by atoms with Crippen LogP contribution in [0.5, 0.6) is 0 Å². The Morgan fingerprint density at radius 1 is 1.23 bits per heavy atom. The molecule has 0 bridgehead atoms. The first-order valence-corrected chi connectivity index (χ1v) is 3.61. The summed E-state index contributed by atoms with van der Waals surface area (Å²) in [4.78, 5) is 3.62. The predicted octanol–water partition coefficient (Wildman–Crippen LogP) is -3.00. The van der Waals surface area contributed by atoms with Gasteiger partial charge in [0.2, 0.25) is 12.2 Å². The van der Waals surface area contributed by atoms with E-state index in [4.69, 9.17) is 20.6 Å². The molecule has 7 heteroatoms. The maximum atomic E-state index is 9.18. The number of carbonyl (C=O) groups excluding carboxylic acids is 1. The van der Waals surface area contributed by atoms with Gasteiger partial charge in [-0.25, -0.2) is 0 Å². The molecule has 0 aromatic heterocycles. The Kier molecular flexibility index (Phi) is 3.17. The maximum absolute atomic E-state index is 9.18. The molecule has 7 nitrogen and oxygen atoms in total. The highest BCUT2D eigenvalue weighted by molar-refractivity contribution is 5.75. The minimum atomic E-state index is -1.64. The minimum absolute atomic E-state index is 0.572. The van der Waals surface area contributed by atoms with Crippen LogP contribution in [-0.4, -0.2) is 62.7 Å². The fourth-order valence-electron chi connectivity index (χ4n) is 1.06. The van der Waals surface area contributed by atoms with E-state index in [9.17, 15) is 5.11 Å². The van der Waals surface area contributed by atoms with Crippen molar-refractivity contribution < 1.29 is 35.0 Å². The second kappa shape index (κ2) is 3.99. The van der Waals surface area contributed by atoms with Gasteiger partial charge in [0.25, 0.3) is 0 Å². The maximum Gasteiger partial charge on any atom is 0.562 e. The van der Waals surface area contributed by atoms with Crippen molar-refractivity contribution in [3.8, 4) is 0 Å². The van der Waals surface area contributed by atoms with Crippen LogP contribution in [0.25, 0.3) is 0 Å². The molecule has 0 spiro atoms. The molecule has 4 atom stereocenters. The Labute approximate surface area is 73.1 Å². The van der Waals surface area contributed by atoms with Crippen molar-refractivity contribution in [1.82, 2.24) is 0 Å². The van der Waals surface area contributed by atoms with E-state index < -0.39 is 37.0 Å². The van der Waals surface area contributed by atoms with Gasteiger partial charge in [-0.05, 0) is 0 Å². The molecule has 1 rings (SSSR count). The van der Waals surface area contributed by atoms with Crippen LogP contribution in [0.3, 0.4) is 0 Å². The lowest BCUT2D eigenvalue weighted by molar-refractivity contribution is -0.552. The molecule has 1 heterocycles. The summed E-state index contributed by atoms with van der Waals surface area (Å²) in [7, 11) is 0. The lowest BCUT2D eigenvalue weighted by Gasteiger charge is -2.24. The number of hydrogen-bond acceptors (Lipinski definition) is 6. The molecule has 1 aliphatic heterocycles. The van der Waals surface area contributed by atoms with Crippen LogP contribution in [0.1, 0.15) is 0 Å². The van der Waals surface area contributed by atoms with Crippen LogP contribution in [-0.2, 0) is 9.31 Å². The average Bonchev–Trinajstić information content (AvgIpc) is 2.15. The molecule has 0 unspecified atom stereocenters. The molecule has 0 amide bonds. The number of aliphatic hydroxyl groups is 4. The molecule has 0 aliphatic carbocycles. The highest BCUT2D eigenvalue weighted by Gasteiger charge is 2.49. The lowest BCUT2D eigenvalue weighted by atomic mass is 10.0. The standard InChI is InChI=1S/C6H10O7/c7-1-2-3(8)4(9)5(10)6(12-2)13-11/h2-5,7-10H,1H2/p+1/t2-,3-,4+,5-/m1/s1. The van der Waals surface area contributed by atoms with E-state index in [0.717, 1.165) is 0 Å². The monoisotopic (exact) mass is 195 g/mol. The van der Waals surface area contributed by atoms with Gasteiger partial charge in [-0.15, -0.1) is 4.89 Å². The van der Waals surface area contributed by atoms with Crippen molar-refractivity contribution in [3.05, 3.63) is 0 Å². The van der Waals surface area contributed by atoms with Crippen molar-refractivity contribution in [2.45, 2.75) is 24.4 Å². The lowest BCUT2D eigenvalue weighted by Crippen LogP contribution is -2.55. The first-order chi connectivity index (χ1) is 6.11. The van der Waals surface area contributed by atoms with Gasteiger partial charge in [-0.2, -0.15) is 0 Å². The molecule has 0 saturated heterocycles. The molecular formula is C6H11O7+. The van der Waals surface area contributed by atoms with E-state index in [1.807, 2.05) is 0 Å². The van der Waals surface area contributed by atoms with Crippen LogP contribution < -0.4 is 0 Å². The molecule has 76 valence electrons.